The summed E-state index contributed by atoms with van der Waals surface area (Å²) in [6.07, 6.45) is 5.46. The molecule has 1 aromatic carbocycles. The van der Waals surface area contributed by atoms with Crippen molar-refractivity contribution in [2.45, 2.75) is 0 Å². The summed E-state index contributed by atoms with van der Waals surface area (Å²) < 4.78 is 0. The molecule has 4 N–H and O–H groups in total. The molecule has 0 unspecified atom stereocenters. The van der Waals surface area contributed by atoms with Gasteiger partial charge in [0.1, 0.15) is 0 Å². The summed E-state index contributed by atoms with van der Waals surface area (Å²) in [7, 11) is 0. The Kier molecular flexibility index (Phi) is 7.59. The van der Waals surface area contributed by atoms with Crippen LogP contribution in [0.4, 0.5) is 5.69 Å². The SMILES string of the molecule is S=C=Nc1ccc(C2=c3ccc([nH]3)=C(c3ccccn3)c3ccc([nH]3)C(c3ccccn3)=c3ccc([nH]3)=C(c3ccccn3)c3ccc2[nH]3)cc1. The molecule has 1 aliphatic heterocycles. The Morgan fingerprint density at radius 1 is 0.412 bits per heavy atom. The van der Waals surface area contributed by atoms with E-state index in [1.165, 1.54) is 0 Å². The highest BCUT2D eigenvalue weighted by molar-refractivity contribution is 7.78. The molecule has 51 heavy (non-hydrogen) atoms. The molecule has 8 aromatic rings. The molecule has 0 radical (unpaired) electrons. The molecular formula is C42H28N8S. The van der Waals surface area contributed by atoms with Crippen LogP contribution in [0.25, 0.3) is 22.3 Å². The number of hydrogen-bond acceptors (Lipinski definition) is 5. The first kappa shape index (κ1) is 30.2. The Hall–Kier alpha value is -6.93. The minimum absolute atomic E-state index is 0.741. The third-order valence-corrected chi connectivity index (χ3v) is 9.08. The van der Waals surface area contributed by atoms with Gasteiger partial charge in [0.2, 0.25) is 0 Å². The smallest absolute Gasteiger partial charge is 0.0743 e. The molecule has 8 nitrogen and oxygen atoms in total. The number of isothiocyanates is 1. The van der Waals surface area contributed by atoms with E-state index >= 15 is 0 Å². The monoisotopic (exact) mass is 676 g/mol. The standard InChI is InChI=1S/C42H28N8S/c51-25-46-27-12-10-26(11-13-27)39-31-14-16-33(47-31)40(28-7-1-4-22-43-28)35-18-20-37(49-35)42(30-9-3-6-24-45-30)38-21-19-36(50-38)41(29-8-2-5-23-44-29)34-17-15-32(39)48-34/h1-24,47-50H. The molecule has 9 heteroatoms. The van der Waals surface area contributed by atoms with Crippen LogP contribution in [0, 0.1) is 0 Å². The summed E-state index contributed by atoms with van der Waals surface area (Å²) >= 11 is 4.86. The average Bonchev–Trinajstić information content (AvgIpc) is 4.02. The van der Waals surface area contributed by atoms with E-state index in [0.717, 1.165) is 94.8 Å². The van der Waals surface area contributed by atoms with Crippen molar-refractivity contribution >= 4 is 45.4 Å². The summed E-state index contributed by atoms with van der Waals surface area (Å²) in [6.45, 7) is 0. The quantitative estimate of drug-likeness (QED) is 0.148. The molecule has 0 fully saturated rings. The maximum Gasteiger partial charge on any atom is 0.0743 e. The van der Waals surface area contributed by atoms with Crippen LogP contribution in [0.2, 0.25) is 0 Å². The molecular weight excluding hydrogens is 649 g/mol. The number of rotatable bonds is 5. The van der Waals surface area contributed by atoms with Gasteiger partial charge in [0.05, 0.1) is 61.1 Å². The number of aromatic amines is 4. The molecule has 0 atom stereocenters. The first-order chi connectivity index (χ1) is 25.2. The predicted octanol–water partition coefficient (Wildman–Crippen LogP) is 5.22. The molecule has 7 aromatic heterocycles. The topological polar surface area (TPSA) is 114 Å². The van der Waals surface area contributed by atoms with Crippen LogP contribution in [-0.4, -0.2) is 40.0 Å². The minimum Gasteiger partial charge on any atom is -0.354 e. The second kappa shape index (κ2) is 12.8. The Balaban J connectivity index is 1.42. The zero-order valence-electron chi connectivity index (χ0n) is 27.1. The number of aromatic nitrogens is 7. The molecule has 0 aliphatic carbocycles. The molecule has 8 bridgehead atoms. The van der Waals surface area contributed by atoms with E-state index in [1.807, 2.05) is 85.3 Å². The van der Waals surface area contributed by atoms with Crippen molar-refractivity contribution in [1.29, 1.82) is 0 Å². The number of pyridine rings is 3. The predicted molar refractivity (Wildman–Crippen MR) is 202 cm³/mol. The van der Waals surface area contributed by atoms with E-state index in [-0.39, 0.29) is 0 Å². The fourth-order valence-corrected chi connectivity index (χ4v) is 6.86. The van der Waals surface area contributed by atoms with Crippen molar-refractivity contribution < 1.29 is 0 Å². The second-order valence-electron chi connectivity index (χ2n) is 12.0. The molecule has 0 saturated heterocycles. The number of H-pyrrole nitrogens is 4. The zero-order valence-corrected chi connectivity index (χ0v) is 27.9. The summed E-state index contributed by atoms with van der Waals surface area (Å²) in [5.41, 5.74) is 11.7. The molecule has 9 rings (SSSR count). The van der Waals surface area contributed by atoms with Crippen molar-refractivity contribution in [2.75, 3.05) is 0 Å². The highest BCUT2D eigenvalue weighted by Crippen LogP contribution is 2.27. The van der Waals surface area contributed by atoms with Gasteiger partial charge >= 0.3 is 0 Å². The number of nitrogens with zero attached hydrogens (tertiary/aromatic N) is 4. The van der Waals surface area contributed by atoms with Gasteiger partial charge in [0, 0.05) is 51.9 Å². The fraction of sp³-hybridized carbons (Fsp3) is 0. The van der Waals surface area contributed by atoms with Crippen LogP contribution in [0.3, 0.4) is 0 Å². The lowest BCUT2D eigenvalue weighted by molar-refractivity contribution is 1.15. The number of hydrogen-bond donors (Lipinski definition) is 4. The Bertz CT molecular complexity index is 2840. The Morgan fingerprint density at radius 2 is 0.804 bits per heavy atom. The van der Waals surface area contributed by atoms with E-state index in [2.05, 4.69) is 90.8 Å². The highest BCUT2D eigenvalue weighted by Gasteiger charge is 2.19. The molecule has 1 aliphatic rings. The summed E-state index contributed by atoms with van der Waals surface area (Å²) in [5, 5.41) is 6.14. The Labute approximate surface area is 297 Å². The van der Waals surface area contributed by atoms with Gasteiger partial charge in [-0.05, 0) is 115 Å². The van der Waals surface area contributed by atoms with Gasteiger partial charge in [0.25, 0.3) is 0 Å². The zero-order chi connectivity index (χ0) is 34.1. The van der Waals surface area contributed by atoms with Gasteiger partial charge in [-0.25, -0.2) is 0 Å². The fourth-order valence-electron chi connectivity index (χ4n) is 6.75. The molecule has 242 valence electrons. The normalized spacial score (nSPS) is 12.5. The number of fused-ring (bicyclic) bond motifs is 8. The lowest BCUT2D eigenvalue weighted by Crippen LogP contribution is -2.19. The molecule has 8 heterocycles. The van der Waals surface area contributed by atoms with E-state index < -0.39 is 0 Å². The van der Waals surface area contributed by atoms with Crippen molar-refractivity contribution in [2.24, 2.45) is 4.99 Å². The summed E-state index contributed by atoms with van der Waals surface area (Å²) in [5.74, 6) is 0. The minimum atomic E-state index is 0.741. The largest absolute Gasteiger partial charge is 0.354 e. The van der Waals surface area contributed by atoms with Crippen LogP contribution in [0.1, 0.15) is 45.4 Å². The van der Waals surface area contributed by atoms with E-state index in [4.69, 9.17) is 27.2 Å². The van der Waals surface area contributed by atoms with Crippen LogP contribution in [0.5, 0.6) is 0 Å². The van der Waals surface area contributed by atoms with Crippen LogP contribution >= 0.6 is 12.2 Å². The number of benzene rings is 1. The van der Waals surface area contributed by atoms with E-state index in [9.17, 15) is 0 Å². The van der Waals surface area contributed by atoms with Crippen LogP contribution in [-0.2, 0) is 0 Å². The molecule has 0 saturated carbocycles. The first-order valence-corrected chi connectivity index (χ1v) is 16.8. The number of nitrogens with one attached hydrogen (secondary N) is 4. The van der Waals surface area contributed by atoms with Crippen molar-refractivity contribution in [1.82, 2.24) is 34.9 Å². The van der Waals surface area contributed by atoms with Gasteiger partial charge in [-0.3, -0.25) is 15.0 Å². The maximum atomic E-state index is 4.86. The third-order valence-electron chi connectivity index (χ3n) is 8.99. The van der Waals surface area contributed by atoms with Gasteiger partial charge in [0.15, 0.2) is 0 Å². The van der Waals surface area contributed by atoms with Crippen LogP contribution in [0.15, 0.2) is 151 Å². The summed E-state index contributed by atoms with van der Waals surface area (Å²) in [6, 6.07) is 42.8. The van der Waals surface area contributed by atoms with Gasteiger partial charge < -0.3 is 19.9 Å². The van der Waals surface area contributed by atoms with Crippen molar-refractivity contribution in [3.8, 4) is 0 Å². The molecule has 0 spiro atoms. The maximum absolute atomic E-state index is 4.86. The summed E-state index contributed by atoms with van der Waals surface area (Å²) in [4.78, 5) is 33.6. The third kappa shape index (κ3) is 5.58. The highest BCUT2D eigenvalue weighted by atomic mass is 32.1. The Morgan fingerprint density at radius 3 is 1.18 bits per heavy atom. The van der Waals surface area contributed by atoms with Crippen molar-refractivity contribution in [3.63, 3.8) is 0 Å². The van der Waals surface area contributed by atoms with Gasteiger partial charge in [-0.2, -0.15) is 4.99 Å². The number of thiocarbonyl (C=S) groups is 1. The van der Waals surface area contributed by atoms with Gasteiger partial charge in [-0.1, -0.05) is 30.3 Å². The average molecular weight is 677 g/mol. The second-order valence-corrected chi connectivity index (χ2v) is 12.2. The number of aliphatic imine (C=N–C) groups is 1. The van der Waals surface area contributed by atoms with Gasteiger partial charge in [-0.15, -0.1) is 0 Å². The van der Waals surface area contributed by atoms with Crippen molar-refractivity contribution in [3.05, 3.63) is 213 Å². The lowest BCUT2D eigenvalue weighted by atomic mass is 10.0. The van der Waals surface area contributed by atoms with Crippen LogP contribution < -0.4 is 21.4 Å². The lowest BCUT2D eigenvalue weighted by Gasteiger charge is -2.09. The first-order valence-electron chi connectivity index (χ1n) is 16.4. The molecule has 0 amide bonds. The van der Waals surface area contributed by atoms with E-state index in [1.54, 1.807) is 0 Å². The van der Waals surface area contributed by atoms with E-state index in [0.29, 0.717) is 0 Å².